The minimum Gasteiger partial charge on any atom is -0.319 e. The van der Waals surface area contributed by atoms with Gasteiger partial charge >= 0.3 is 0 Å². The zero-order valence-corrected chi connectivity index (χ0v) is 11.3. The van der Waals surface area contributed by atoms with Crippen molar-refractivity contribution in [1.29, 1.82) is 0 Å². The summed E-state index contributed by atoms with van der Waals surface area (Å²) in [5.41, 5.74) is 1.45. The van der Waals surface area contributed by atoms with Gasteiger partial charge in [0.05, 0.1) is 0 Å². The summed E-state index contributed by atoms with van der Waals surface area (Å²) in [6.07, 6.45) is 1.34. The zero-order chi connectivity index (χ0) is 11.5. The smallest absolute Gasteiger partial charge is 0.0416 e. The number of aryl methyl sites for hydroxylation is 1. The van der Waals surface area contributed by atoms with Crippen molar-refractivity contribution in [2.45, 2.75) is 26.3 Å². The quantitative estimate of drug-likeness (QED) is 0.867. The molecule has 0 spiro atoms. The minimum atomic E-state index is 0.599. The van der Waals surface area contributed by atoms with Gasteiger partial charge in [-0.05, 0) is 63.3 Å². The lowest BCUT2D eigenvalue weighted by atomic mass is 10.1. The first-order valence-corrected chi connectivity index (χ1v) is 7.03. The molecule has 1 aliphatic heterocycles. The molecule has 3 heteroatoms. The lowest BCUT2D eigenvalue weighted by Crippen LogP contribution is -2.26. The van der Waals surface area contributed by atoms with Gasteiger partial charge in [-0.15, -0.1) is 11.3 Å². The van der Waals surface area contributed by atoms with Crippen molar-refractivity contribution in [3.05, 3.63) is 21.9 Å². The van der Waals surface area contributed by atoms with Crippen molar-refractivity contribution in [3.8, 4) is 0 Å². The molecule has 2 unspecified atom stereocenters. The number of rotatable bonds is 4. The highest BCUT2D eigenvalue weighted by atomic mass is 32.1. The van der Waals surface area contributed by atoms with Crippen LogP contribution in [0.25, 0.3) is 0 Å². The van der Waals surface area contributed by atoms with Gasteiger partial charge in [-0.25, -0.2) is 0 Å². The van der Waals surface area contributed by atoms with Gasteiger partial charge in [-0.1, -0.05) is 0 Å². The van der Waals surface area contributed by atoms with Gasteiger partial charge in [-0.3, -0.25) is 4.90 Å². The number of likely N-dealkylation sites (tertiary alicyclic amines) is 1. The molecule has 2 nitrogen and oxygen atoms in total. The molecule has 2 heterocycles. The predicted octanol–water partition coefficient (Wildman–Crippen LogP) is 2.66. The fourth-order valence-electron chi connectivity index (χ4n) is 2.65. The molecule has 1 aromatic heterocycles. The maximum absolute atomic E-state index is 3.29. The Morgan fingerprint density at radius 3 is 3.06 bits per heavy atom. The molecule has 2 atom stereocenters. The van der Waals surface area contributed by atoms with Crippen molar-refractivity contribution >= 4 is 11.3 Å². The second-order valence-corrected chi connectivity index (χ2v) is 5.80. The SMILES string of the molecule is CNCC1CCN(C(C)c2sccc2C)C1. The van der Waals surface area contributed by atoms with Crippen LogP contribution in [-0.2, 0) is 0 Å². The molecule has 1 saturated heterocycles. The van der Waals surface area contributed by atoms with E-state index in [9.17, 15) is 0 Å². The van der Waals surface area contributed by atoms with E-state index in [-0.39, 0.29) is 0 Å². The first kappa shape index (κ1) is 12.1. The fourth-order valence-corrected chi connectivity index (χ4v) is 3.67. The van der Waals surface area contributed by atoms with Crippen molar-refractivity contribution in [1.82, 2.24) is 10.2 Å². The van der Waals surface area contributed by atoms with Crippen LogP contribution in [-0.4, -0.2) is 31.6 Å². The van der Waals surface area contributed by atoms with E-state index in [1.807, 2.05) is 11.3 Å². The Labute approximate surface area is 103 Å². The highest BCUT2D eigenvalue weighted by Gasteiger charge is 2.27. The zero-order valence-electron chi connectivity index (χ0n) is 10.5. The van der Waals surface area contributed by atoms with E-state index in [2.05, 4.69) is 42.6 Å². The van der Waals surface area contributed by atoms with Crippen molar-refractivity contribution in [2.24, 2.45) is 5.92 Å². The number of thiophene rings is 1. The summed E-state index contributed by atoms with van der Waals surface area (Å²) >= 11 is 1.90. The predicted molar refractivity (Wildman–Crippen MR) is 71.1 cm³/mol. The molecule has 0 aliphatic carbocycles. The van der Waals surface area contributed by atoms with E-state index in [1.165, 1.54) is 25.1 Å². The van der Waals surface area contributed by atoms with Crippen molar-refractivity contribution in [2.75, 3.05) is 26.7 Å². The first-order chi connectivity index (χ1) is 7.72. The van der Waals surface area contributed by atoms with Gasteiger partial charge in [0.1, 0.15) is 0 Å². The largest absolute Gasteiger partial charge is 0.319 e. The molecule has 0 radical (unpaired) electrons. The maximum Gasteiger partial charge on any atom is 0.0416 e. The number of hydrogen-bond acceptors (Lipinski definition) is 3. The minimum absolute atomic E-state index is 0.599. The summed E-state index contributed by atoms with van der Waals surface area (Å²) in [6, 6.07) is 2.83. The van der Waals surface area contributed by atoms with E-state index in [1.54, 1.807) is 4.88 Å². The van der Waals surface area contributed by atoms with Crippen LogP contribution >= 0.6 is 11.3 Å². The van der Waals surface area contributed by atoms with Crippen LogP contribution in [0.2, 0.25) is 0 Å². The Kier molecular flexibility index (Phi) is 4.00. The van der Waals surface area contributed by atoms with E-state index in [4.69, 9.17) is 0 Å². The molecule has 1 N–H and O–H groups in total. The Balaban J connectivity index is 1.97. The van der Waals surface area contributed by atoms with Crippen molar-refractivity contribution in [3.63, 3.8) is 0 Å². The third-order valence-corrected chi connectivity index (χ3v) is 4.83. The second kappa shape index (κ2) is 5.30. The van der Waals surface area contributed by atoms with Crippen LogP contribution in [0, 0.1) is 12.8 Å². The van der Waals surface area contributed by atoms with E-state index >= 15 is 0 Å². The number of nitrogens with zero attached hydrogens (tertiary/aromatic N) is 1. The van der Waals surface area contributed by atoms with E-state index < -0.39 is 0 Å². The van der Waals surface area contributed by atoms with Gasteiger partial charge in [-0.2, -0.15) is 0 Å². The molecular weight excluding hydrogens is 216 g/mol. The third-order valence-electron chi connectivity index (χ3n) is 3.64. The average molecular weight is 238 g/mol. The van der Waals surface area contributed by atoms with Crippen LogP contribution in [0.1, 0.15) is 29.8 Å². The molecule has 1 aromatic rings. The molecule has 1 aliphatic rings. The molecule has 2 rings (SSSR count). The van der Waals surface area contributed by atoms with Gasteiger partial charge in [0.25, 0.3) is 0 Å². The molecule has 0 bridgehead atoms. The Hall–Kier alpha value is -0.380. The summed E-state index contributed by atoms with van der Waals surface area (Å²) in [7, 11) is 2.05. The van der Waals surface area contributed by atoms with Gasteiger partial charge < -0.3 is 5.32 Å². The molecule has 0 aromatic carbocycles. The maximum atomic E-state index is 3.29. The molecule has 90 valence electrons. The van der Waals surface area contributed by atoms with Crippen LogP contribution in [0.4, 0.5) is 0 Å². The Bertz CT molecular complexity index is 334. The Morgan fingerprint density at radius 2 is 2.44 bits per heavy atom. The lowest BCUT2D eigenvalue weighted by molar-refractivity contribution is 0.255. The summed E-state index contributed by atoms with van der Waals surface area (Å²) in [5, 5.41) is 5.50. The first-order valence-electron chi connectivity index (χ1n) is 6.15. The highest BCUT2D eigenvalue weighted by Crippen LogP contribution is 2.31. The highest BCUT2D eigenvalue weighted by molar-refractivity contribution is 7.10. The molecule has 16 heavy (non-hydrogen) atoms. The van der Waals surface area contributed by atoms with E-state index in [0.717, 1.165) is 12.5 Å². The van der Waals surface area contributed by atoms with Crippen LogP contribution < -0.4 is 5.32 Å². The second-order valence-electron chi connectivity index (χ2n) is 4.85. The van der Waals surface area contributed by atoms with Gasteiger partial charge in [0.15, 0.2) is 0 Å². The Morgan fingerprint density at radius 1 is 1.62 bits per heavy atom. The number of nitrogens with one attached hydrogen (secondary N) is 1. The van der Waals surface area contributed by atoms with Gasteiger partial charge in [0, 0.05) is 17.5 Å². The fraction of sp³-hybridized carbons (Fsp3) is 0.692. The summed E-state index contributed by atoms with van der Waals surface area (Å²) in [5.74, 6) is 0.840. The monoisotopic (exact) mass is 238 g/mol. The summed E-state index contributed by atoms with van der Waals surface area (Å²) < 4.78 is 0. The summed E-state index contributed by atoms with van der Waals surface area (Å²) in [6.45, 7) is 8.24. The van der Waals surface area contributed by atoms with Crippen LogP contribution in [0.3, 0.4) is 0 Å². The van der Waals surface area contributed by atoms with Crippen LogP contribution in [0.5, 0.6) is 0 Å². The number of hydrogen-bond donors (Lipinski definition) is 1. The lowest BCUT2D eigenvalue weighted by Gasteiger charge is -2.24. The third kappa shape index (κ3) is 2.47. The average Bonchev–Trinajstić information content (AvgIpc) is 2.87. The van der Waals surface area contributed by atoms with Gasteiger partial charge in [0.2, 0.25) is 0 Å². The molecule has 1 fully saturated rings. The summed E-state index contributed by atoms with van der Waals surface area (Å²) in [4.78, 5) is 4.17. The van der Waals surface area contributed by atoms with E-state index in [0.29, 0.717) is 6.04 Å². The topological polar surface area (TPSA) is 15.3 Å². The standard InChI is InChI=1S/C13H22N2S/c1-10-5-7-16-13(10)11(2)15-6-4-12(9-15)8-14-3/h5,7,11-12,14H,4,6,8-9H2,1-3H3. The normalized spacial score (nSPS) is 23.8. The molecule has 0 amide bonds. The molecular formula is C13H22N2S. The van der Waals surface area contributed by atoms with Crippen LogP contribution in [0.15, 0.2) is 11.4 Å². The van der Waals surface area contributed by atoms with Crippen molar-refractivity contribution < 1.29 is 0 Å². The molecule has 0 saturated carbocycles.